The Balaban J connectivity index is 1.29. The molecule has 2 amide bonds. The first-order valence-electron chi connectivity index (χ1n) is 10.7. The lowest BCUT2D eigenvalue weighted by Gasteiger charge is -2.34. The number of benzene rings is 1. The molecule has 2 aromatic heterocycles. The monoisotopic (exact) mass is 419 g/mol. The molecule has 2 aliphatic heterocycles. The molecule has 2 saturated heterocycles. The second-order valence-electron chi connectivity index (χ2n) is 8.20. The van der Waals surface area contributed by atoms with Crippen molar-refractivity contribution in [3.63, 3.8) is 0 Å². The fourth-order valence-corrected chi connectivity index (χ4v) is 4.26. The Morgan fingerprint density at radius 3 is 2.55 bits per heavy atom. The summed E-state index contributed by atoms with van der Waals surface area (Å²) in [6.45, 7) is 7.06. The number of amides is 2. The van der Waals surface area contributed by atoms with Gasteiger partial charge in [-0.25, -0.2) is 4.98 Å². The van der Waals surface area contributed by atoms with E-state index in [1.165, 1.54) is 0 Å². The van der Waals surface area contributed by atoms with Gasteiger partial charge in [0.25, 0.3) is 11.9 Å². The average molecular weight is 419 g/mol. The number of anilines is 2. The van der Waals surface area contributed by atoms with Crippen molar-refractivity contribution < 1.29 is 14.0 Å². The largest absolute Gasteiger partial charge is 0.422 e. The molecule has 0 N–H and O–H groups in total. The van der Waals surface area contributed by atoms with Crippen LogP contribution in [0.25, 0.3) is 11.2 Å². The average Bonchev–Trinajstić information content (AvgIpc) is 3.39. The van der Waals surface area contributed by atoms with E-state index in [4.69, 9.17) is 4.42 Å². The molecule has 3 aromatic rings. The van der Waals surface area contributed by atoms with Gasteiger partial charge in [0.05, 0.1) is 0 Å². The zero-order valence-corrected chi connectivity index (χ0v) is 17.8. The van der Waals surface area contributed by atoms with Crippen LogP contribution in [-0.2, 0) is 4.79 Å². The fourth-order valence-electron chi connectivity index (χ4n) is 4.26. The minimum Gasteiger partial charge on any atom is -0.422 e. The minimum atomic E-state index is -0.0117. The van der Waals surface area contributed by atoms with Crippen molar-refractivity contribution in [2.45, 2.75) is 26.7 Å². The number of fused-ring (bicyclic) bond motifs is 1. The smallest absolute Gasteiger partial charge is 0.300 e. The third kappa shape index (κ3) is 3.62. The van der Waals surface area contributed by atoms with Crippen LogP contribution in [0, 0.1) is 13.8 Å². The summed E-state index contributed by atoms with van der Waals surface area (Å²) < 4.78 is 5.85. The van der Waals surface area contributed by atoms with Gasteiger partial charge < -0.3 is 19.1 Å². The van der Waals surface area contributed by atoms with Crippen molar-refractivity contribution in [2.75, 3.05) is 42.5 Å². The Hall–Kier alpha value is -3.42. The van der Waals surface area contributed by atoms with Crippen LogP contribution in [0.3, 0.4) is 0 Å². The lowest BCUT2D eigenvalue weighted by Crippen LogP contribution is -2.49. The first-order chi connectivity index (χ1) is 15.0. The summed E-state index contributed by atoms with van der Waals surface area (Å²) in [5.41, 5.74) is 4.66. The minimum absolute atomic E-state index is 0.0117. The van der Waals surface area contributed by atoms with Crippen molar-refractivity contribution in [1.82, 2.24) is 14.9 Å². The highest BCUT2D eigenvalue weighted by Crippen LogP contribution is 2.27. The van der Waals surface area contributed by atoms with E-state index in [0.717, 1.165) is 29.9 Å². The Morgan fingerprint density at radius 1 is 1.00 bits per heavy atom. The lowest BCUT2D eigenvalue weighted by atomic mass is 10.1. The van der Waals surface area contributed by atoms with E-state index in [0.29, 0.717) is 55.4 Å². The van der Waals surface area contributed by atoms with Gasteiger partial charge in [-0.1, -0.05) is 6.07 Å². The van der Waals surface area contributed by atoms with Crippen molar-refractivity contribution in [1.29, 1.82) is 0 Å². The van der Waals surface area contributed by atoms with E-state index in [-0.39, 0.29) is 11.8 Å². The van der Waals surface area contributed by atoms with Gasteiger partial charge in [0.2, 0.25) is 11.6 Å². The molecule has 0 saturated carbocycles. The number of aromatic nitrogens is 2. The summed E-state index contributed by atoms with van der Waals surface area (Å²) in [6.07, 6.45) is 1.44. The summed E-state index contributed by atoms with van der Waals surface area (Å²) in [5, 5.41) is 0. The molecule has 2 fully saturated rings. The van der Waals surface area contributed by atoms with Crippen molar-refractivity contribution in [2.24, 2.45) is 0 Å². The van der Waals surface area contributed by atoms with Crippen molar-refractivity contribution >= 4 is 34.7 Å². The number of rotatable bonds is 3. The van der Waals surface area contributed by atoms with Gasteiger partial charge in [-0.05, 0) is 50.1 Å². The van der Waals surface area contributed by atoms with Crippen LogP contribution in [-0.4, -0.2) is 59.4 Å². The molecule has 0 unspecified atom stereocenters. The quantitative estimate of drug-likeness (QED) is 0.649. The maximum atomic E-state index is 13.1. The van der Waals surface area contributed by atoms with E-state index in [1.807, 2.05) is 54.0 Å². The van der Waals surface area contributed by atoms with E-state index in [9.17, 15) is 9.59 Å². The fraction of sp³-hybridized carbons (Fsp3) is 0.391. The van der Waals surface area contributed by atoms with Gasteiger partial charge in [-0.2, -0.15) is 4.98 Å². The summed E-state index contributed by atoms with van der Waals surface area (Å²) in [4.78, 5) is 39.9. The van der Waals surface area contributed by atoms with E-state index >= 15 is 0 Å². The molecule has 0 spiro atoms. The molecule has 0 bridgehead atoms. The molecule has 0 radical (unpaired) electrons. The van der Waals surface area contributed by atoms with Crippen LogP contribution in [0.15, 0.2) is 34.7 Å². The van der Waals surface area contributed by atoms with Gasteiger partial charge in [0.1, 0.15) is 0 Å². The topological polar surface area (TPSA) is 82.8 Å². The van der Waals surface area contributed by atoms with Crippen LogP contribution in [0.4, 0.5) is 11.7 Å². The molecule has 5 rings (SSSR count). The highest BCUT2D eigenvalue weighted by molar-refractivity contribution is 5.99. The zero-order valence-electron chi connectivity index (χ0n) is 17.8. The Labute approximate surface area is 180 Å². The number of piperazine rings is 1. The molecule has 160 valence electrons. The second kappa shape index (κ2) is 7.68. The molecular weight excluding hydrogens is 394 g/mol. The van der Waals surface area contributed by atoms with E-state index in [2.05, 4.69) is 9.97 Å². The first kappa shape index (κ1) is 19.5. The normalized spacial score (nSPS) is 17.1. The van der Waals surface area contributed by atoms with E-state index in [1.54, 1.807) is 4.90 Å². The number of pyridine rings is 1. The number of hydrogen-bond acceptors (Lipinski definition) is 6. The Bertz CT molecular complexity index is 1160. The highest BCUT2D eigenvalue weighted by atomic mass is 16.4. The third-order valence-corrected chi connectivity index (χ3v) is 6.04. The van der Waals surface area contributed by atoms with E-state index < -0.39 is 0 Å². The molecule has 31 heavy (non-hydrogen) atoms. The van der Waals surface area contributed by atoms with Crippen LogP contribution in [0.2, 0.25) is 0 Å². The molecule has 0 atom stereocenters. The van der Waals surface area contributed by atoms with Crippen LogP contribution >= 0.6 is 0 Å². The summed E-state index contributed by atoms with van der Waals surface area (Å²) in [5.74, 6) is 0.117. The maximum Gasteiger partial charge on any atom is 0.300 e. The van der Waals surface area contributed by atoms with Gasteiger partial charge in [0.15, 0.2) is 5.58 Å². The van der Waals surface area contributed by atoms with Gasteiger partial charge in [-0.15, -0.1) is 0 Å². The molecule has 1 aromatic carbocycles. The number of aryl methyl sites for hydroxylation is 2. The highest BCUT2D eigenvalue weighted by Gasteiger charge is 2.27. The summed E-state index contributed by atoms with van der Waals surface area (Å²) in [7, 11) is 0. The number of carbonyl (C=O) groups is 2. The Kier molecular flexibility index (Phi) is 4.84. The molecule has 0 aliphatic carbocycles. The molecule has 2 aliphatic rings. The predicted molar refractivity (Wildman–Crippen MR) is 117 cm³/mol. The number of hydrogen-bond donors (Lipinski definition) is 0. The van der Waals surface area contributed by atoms with Gasteiger partial charge >= 0.3 is 0 Å². The standard InChI is InChI=1S/C23H25N5O3/c1-15-5-7-17(14-18(15)28-9-3-4-20(28)29)22(30)26-10-12-27(13-11-26)23-25-21-19(31-23)8-6-16(2)24-21/h5-8,14H,3-4,9-13H2,1-2H3. The lowest BCUT2D eigenvalue weighted by molar-refractivity contribution is -0.117. The first-order valence-corrected chi connectivity index (χ1v) is 10.7. The SMILES string of the molecule is Cc1ccc2oc(N3CCN(C(=O)c4ccc(C)c(N5CCCC5=O)c4)CC3)nc2n1. The van der Waals surface area contributed by atoms with Crippen LogP contribution < -0.4 is 9.80 Å². The van der Waals surface area contributed by atoms with Crippen LogP contribution in [0.5, 0.6) is 0 Å². The van der Waals surface area contributed by atoms with Crippen molar-refractivity contribution in [3.8, 4) is 0 Å². The third-order valence-electron chi connectivity index (χ3n) is 6.04. The maximum absolute atomic E-state index is 13.1. The molecular formula is C23H25N5O3. The molecule has 8 heteroatoms. The second-order valence-corrected chi connectivity index (χ2v) is 8.20. The number of oxazole rings is 1. The predicted octanol–water partition coefficient (Wildman–Crippen LogP) is 2.93. The summed E-state index contributed by atoms with van der Waals surface area (Å²) in [6, 6.07) is 9.97. The van der Waals surface area contributed by atoms with Gasteiger partial charge in [-0.3, -0.25) is 9.59 Å². The van der Waals surface area contributed by atoms with Gasteiger partial charge in [0, 0.05) is 56.1 Å². The Morgan fingerprint density at radius 2 is 1.81 bits per heavy atom. The van der Waals surface area contributed by atoms with Crippen molar-refractivity contribution in [3.05, 3.63) is 47.2 Å². The molecule has 4 heterocycles. The van der Waals surface area contributed by atoms with Crippen LogP contribution in [0.1, 0.15) is 34.5 Å². The zero-order chi connectivity index (χ0) is 21.5. The number of carbonyl (C=O) groups excluding carboxylic acids is 2. The molecule has 8 nitrogen and oxygen atoms in total. The number of nitrogens with zero attached hydrogens (tertiary/aromatic N) is 5. The summed E-state index contributed by atoms with van der Waals surface area (Å²) >= 11 is 0.